The van der Waals surface area contributed by atoms with E-state index in [1.807, 2.05) is 0 Å². The van der Waals surface area contributed by atoms with Gasteiger partial charge in [0, 0.05) is 43.1 Å². The van der Waals surface area contributed by atoms with Gasteiger partial charge in [-0.2, -0.15) is 8.42 Å². The summed E-state index contributed by atoms with van der Waals surface area (Å²) < 4.78 is 28.8. The Hall–Kier alpha value is 0.480. The van der Waals surface area contributed by atoms with E-state index in [-0.39, 0.29) is 54.6 Å². The van der Waals surface area contributed by atoms with Crippen LogP contribution in [-0.4, -0.2) is 44.6 Å². The first-order chi connectivity index (χ1) is 10.7. The second-order valence-corrected chi connectivity index (χ2v) is 7.39. The van der Waals surface area contributed by atoms with Crippen molar-refractivity contribution in [1.82, 2.24) is 0 Å². The van der Waals surface area contributed by atoms with Crippen molar-refractivity contribution in [2.75, 3.05) is 6.61 Å². The molecule has 1 aromatic carbocycles. The van der Waals surface area contributed by atoms with Gasteiger partial charge in [0.05, 0.1) is 11.5 Å². The number of benzene rings is 1. The van der Waals surface area contributed by atoms with E-state index >= 15 is 0 Å². The van der Waals surface area contributed by atoms with Crippen LogP contribution >= 0.6 is 13.5 Å². The summed E-state index contributed by atoms with van der Waals surface area (Å²) in [5.41, 5.74) is 0. The van der Waals surface area contributed by atoms with Gasteiger partial charge in [-0.25, -0.2) is 0 Å². The molecule has 0 aliphatic heterocycles. The molecule has 0 aliphatic rings. The average Bonchev–Trinajstić information content (AvgIpc) is 2.53. The first-order valence-electron chi connectivity index (χ1n) is 8.61. The van der Waals surface area contributed by atoms with E-state index in [0.29, 0.717) is 0 Å². The maximum absolute atomic E-state index is 11.9. The van der Waals surface area contributed by atoms with Crippen LogP contribution in [0.3, 0.4) is 0 Å². The summed E-state index contributed by atoms with van der Waals surface area (Å²) in [6, 6.07) is 8.33. The monoisotopic (exact) mass is 381 g/mol. The topological polar surface area (TPSA) is 43.4 Å². The van der Waals surface area contributed by atoms with Gasteiger partial charge in [-0.3, -0.25) is 4.18 Å². The fourth-order valence-corrected chi connectivity index (χ4v) is 3.38. The van der Waals surface area contributed by atoms with Crippen molar-refractivity contribution in [2.45, 2.75) is 76.0 Å². The fourth-order valence-electron chi connectivity index (χ4n) is 2.41. The van der Waals surface area contributed by atoms with Crippen LogP contribution in [-0.2, 0) is 14.3 Å². The molecule has 0 saturated heterocycles. The van der Waals surface area contributed by atoms with Crippen molar-refractivity contribution < 1.29 is 12.6 Å². The number of hydrogen-bond acceptors (Lipinski definition) is 3. The Kier molecular flexibility index (Phi) is 18.8. The Morgan fingerprint density at radius 2 is 1.25 bits per heavy atom. The summed E-state index contributed by atoms with van der Waals surface area (Å²) in [5, 5.41) is 0. The quantitative estimate of drug-likeness (QED) is 0.254. The molecule has 24 heavy (non-hydrogen) atoms. The molecule has 1 rings (SSSR count). The normalized spacial score (nSPS) is 10.7. The summed E-state index contributed by atoms with van der Waals surface area (Å²) in [6.07, 6.45) is 12.3. The Morgan fingerprint density at radius 1 is 0.792 bits per heavy atom. The van der Waals surface area contributed by atoms with Gasteiger partial charge >= 0.3 is 0 Å². The molecule has 0 N–H and O–H groups in total. The second kappa shape index (κ2) is 16.9. The van der Waals surface area contributed by atoms with Crippen molar-refractivity contribution in [2.24, 2.45) is 0 Å². The molecule has 0 aromatic heterocycles. The maximum Gasteiger partial charge on any atom is 0.296 e. The first kappa shape index (κ1) is 26.7. The number of unbranched alkanes of at least 4 members (excludes halogenated alkanes) is 9. The predicted octanol–water partition coefficient (Wildman–Crippen LogP) is 5.58. The minimum Gasteiger partial charge on any atom is -0.266 e. The van der Waals surface area contributed by atoms with Crippen LogP contribution in [0.1, 0.15) is 71.1 Å². The molecular weight excluding hydrogens is 351 g/mol. The molecule has 133 valence electrons. The van der Waals surface area contributed by atoms with Gasteiger partial charge in [0.1, 0.15) is 0 Å². The van der Waals surface area contributed by atoms with Crippen LogP contribution in [0.5, 0.6) is 0 Å². The average molecular weight is 382 g/mol. The zero-order chi connectivity index (χ0) is 16.1. The van der Waals surface area contributed by atoms with E-state index in [2.05, 4.69) is 6.92 Å². The van der Waals surface area contributed by atoms with Gasteiger partial charge in [-0.15, -0.1) is 0 Å². The number of rotatable bonds is 13. The van der Waals surface area contributed by atoms with E-state index in [0.717, 1.165) is 12.8 Å². The molecule has 0 heterocycles. The molecule has 0 fully saturated rings. The van der Waals surface area contributed by atoms with E-state index in [4.69, 9.17) is 4.18 Å². The molecule has 0 atom stereocenters. The Morgan fingerprint density at radius 3 is 1.75 bits per heavy atom. The van der Waals surface area contributed by atoms with E-state index in [1.54, 1.807) is 30.3 Å². The van der Waals surface area contributed by atoms with Crippen LogP contribution in [0.25, 0.3) is 0 Å². The largest absolute Gasteiger partial charge is 0.296 e. The van der Waals surface area contributed by atoms with Crippen LogP contribution in [0, 0.1) is 0 Å². The van der Waals surface area contributed by atoms with Crippen molar-refractivity contribution in [3.63, 3.8) is 0 Å². The third-order valence-electron chi connectivity index (χ3n) is 3.77. The molecule has 1 aromatic rings. The Bertz CT molecular complexity index is 478. The smallest absolute Gasteiger partial charge is 0.266 e. The third-order valence-corrected chi connectivity index (χ3v) is 5.09. The van der Waals surface area contributed by atoms with Gasteiger partial charge in [-0.05, 0) is 18.6 Å². The van der Waals surface area contributed by atoms with Gasteiger partial charge in [0.25, 0.3) is 10.1 Å². The molecule has 0 bridgehead atoms. The van der Waals surface area contributed by atoms with E-state index in [1.165, 1.54) is 51.4 Å². The predicted molar refractivity (Wildman–Crippen MR) is 105 cm³/mol. The Balaban J connectivity index is 0. The fraction of sp³-hybridized carbons (Fsp3) is 0.667. The molecular formula is C18H30NaO3S2. The van der Waals surface area contributed by atoms with Gasteiger partial charge < -0.3 is 0 Å². The molecule has 0 unspecified atom stereocenters. The Labute approximate surface area is 177 Å². The van der Waals surface area contributed by atoms with E-state index < -0.39 is 10.1 Å². The zero-order valence-electron chi connectivity index (χ0n) is 15.2. The minimum absolute atomic E-state index is 0. The van der Waals surface area contributed by atoms with Crippen molar-refractivity contribution in [3.8, 4) is 0 Å². The maximum atomic E-state index is 11.9. The first-order valence-corrected chi connectivity index (χ1v) is 10.0. The van der Waals surface area contributed by atoms with Crippen molar-refractivity contribution >= 4 is 53.2 Å². The van der Waals surface area contributed by atoms with E-state index in [9.17, 15) is 8.42 Å². The molecule has 0 saturated carbocycles. The summed E-state index contributed by atoms with van der Waals surface area (Å²) >= 11 is 0. The molecule has 0 spiro atoms. The van der Waals surface area contributed by atoms with Crippen molar-refractivity contribution in [1.29, 1.82) is 0 Å². The molecule has 6 heteroatoms. The molecule has 0 amide bonds. The van der Waals surface area contributed by atoms with Crippen LogP contribution < -0.4 is 0 Å². The standard InChI is InChI=1S/C18H30O3S.Na.S/c1-2-3-4-5-6-7-8-9-10-14-17-21-22(19,20)18-15-12-11-13-16-18;;/h11-13,15-16H,2-10,14,17H2,1H3;;. The summed E-state index contributed by atoms with van der Waals surface area (Å²) in [6.45, 7) is 2.52. The van der Waals surface area contributed by atoms with Crippen LogP contribution in [0.2, 0.25) is 0 Å². The van der Waals surface area contributed by atoms with Crippen LogP contribution in [0.15, 0.2) is 35.2 Å². The molecule has 3 nitrogen and oxygen atoms in total. The zero-order valence-corrected chi connectivity index (χ0v) is 18.8. The van der Waals surface area contributed by atoms with Gasteiger partial charge in [0.2, 0.25) is 0 Å². The van der Waals surface area contributed by atoms with Crippen molar-refractivity contribution in [3.05, 3.63) is 30.3 Å². The summed E-state index contributed by atoms with van der Waals surface area (Å²) in [4.78, 5) is 0.238. The van der Waals surface area contributed by atoms with Crippen LogP contribution in [0.4, 0.5) is 0 Å². The van der Waals surface area contributed by atoms with Gasteiger partial charge in [-0.1, -0.05) is 82.9 Å². The summed E-state index contributed by atoms with van der Waals surface area (Å²) in [5.74, 6) is 0. The molecule has 0 aliphatic carbocycles. The number of hydrogen-bond donors (Lipinski definition) is 0. The van der Waals surface area contributed by atoms with Gasteiger partial charge in [0.15, 0.2) is 0 Å². The minimum atomic E-state index is -3.57. The SMILES string of the molecule is CCCCCCCCCCCCOS(=O)(=O)c1ccccc1.[Na].[S]. The third kappa shape index (κ3) is 12.8. The summed E-state index contributed by atoms with van der Waals surface area (Å²) in [7, 11) is -3.57. The second-order valence-electron chi connectivity index (χ2n) is 5.77. The molecule has 3 radical (unpaired) electrons.